The Morgan fingerprint density at radius 3 is 2.72 bits per heavy atom. The zero-order valence-electron chi connectivity index (χ0n) is 11.9. The van der Waals surface area contributed by atoms with Gasteiger partial charge >= 0.3 is 0 Å². The number of methoxy groups -OCH3 is 1. The number of ether oxygens (including phenoxy) is 1. The van der Waals surface area contributed by atoms with Gasteiger partial charge in [-0.25, -0.2) is 0 Å². The molecule has 0 aromatic carbocycles. The summed E-state index contributed by atoms with van der Waals surface area (Å²) in [6, 6.07) is 0. The first-order valence-corrected chi connectivity index (χ1v) is 7.17. The SMILES string of the molecule is COCCCCN1C(=O)C2(CC2)NC1CC(C)C. The van der Waals surface area contributed by atoms with E-state index in [1.54, 1.807) is 7.11 Å². The summed E-state index contributed by atoms with van der Waals surface area (Å²) in [4.78, 5) is 14.4. The summed E-state index contributed by atoms with van der Waals surface area (Å²) in [5, 5.41) is 3.56. The van der Waals surface area contributed by atoms with Crippen LogP contribution < -0.4 is 5.32 Å². The summed E-state index contributed by atoms with van der Waals surface area (Å²) in [7, 11) is 1.73. The molecular weight excluding hydrogens is 228 g/mol. The van der Waals surface area contributed by atoms with Crippen molar-refractivity contribution in [2.45, 2.75) is 57.7 Å². The molecule has 0 radical (unpaired) electrons. The monoisotopic (exact) mass is 254 g/mol. The van der Waals surface area contributed by atoms with Gasteiger partial charge in [-0.1, -0.05) is 13.8 Å². The molecule has 1 aliphatic carbocycles. The van der Waals surface area contributed by atoms with E-state index in [1.165, 1.54) is 0 Å². The van der Waals surface area contributed by atoms with Gasteiger partial charge in [0.2, 0.25) is 5.91 Å². The Morgan fingerprint density at radius 2 is 2.17 bits per heavy atom. The molecule has 0 bridgehead atoms. The van der Waals surface area contributed by atoms with Crippen LogP contribution in [0.5, 0.6) is 0 Å². The van der Waals surface area contributed by atoms with Crippen molar-refractivity contribution in [2.75, 3.05) is 20.3 Å². The van der Waals surface area contributed by atoms with E-state index in [-0.39, 0.29) is 11.7 Å². The van der Waals surface area contributed by atoms with Crippen LogP contribution >= 0.6 is 0 Å². The lowest BCUT2D eigenvalue weighted by Gasteiger charge is -2.25. The van der Waals surface area contributed by atoms with Crippen molar-refractivity contribution < 1.29 is 9.53 Å². The van der Waals surface area contributed by atoms with Gasteiger partial charge in [-0.2, -0.15) is 0 Å². The van der Waals surface area contributed by atoms with Crippen molar-refractivity contribution in [1.82, 2.24) is 10.2 Å². The predicted molar refractivity (Wildman–Crippen MR) is 71.2 cm³/mol. The first kappa shape index (κ1) is 13.8. The highest BCUT2D eigenvalue weighted by Gasteiger charge is 2.58. The topological polar surface area (TPSA) is 41.6 Å². The van der Waals surface area contributed by atoms with E-state index in [9.17, 15) is 4.79 Å². The Bertz CT molecular complexity index is 300. The van der Waals surface area contributed by atoms with Gasteiger partial charge in [0.05, 0.1) is 11.7 Å². The third-order valence-electron chi connectivity index (χ3n) is 3.93. The van der Waals surface area contributed by atoms with Crippen LogP contribution in [0.3, 0.4) is 0 Å². The van der Waals surface area contributed by atoms with E-state index < -0.39 is 0 Å². The van der Waals surface area contributed by atoms with Crippen molar-refractivity contribution in [2.24, 2.45) is 5.92 Å². The number of nitrogens with zero attached hydrogens (tertiary/aromatic N) is 1. The summed E-state index contributed by atoms with van der Waals surface area (Å²) in [5.74, 6) is 0.955. The van der Waals surface area contributed by atoms with Crippen molar-refractivity contribution in [3.63, 3.8) is 0 Å². The van der Waals surface area contributed by atoms with Crippen LogP contribution in [0.1, 0.15) is 46.0 Å². The Morgan fingerprint density at radius 1 is 1.44 bits per heavy atom. The second kappa shape index (κ2) is 5.57. The zero-order valence-corrected chi connectivity index (χ0v) is 11.9. The minimum absolute atomic E-state index is 0.166. The molecule has 0 aromatic heterocycles. The molecule has 4 nitrogen and oxygen atoms in total. The van der Waals surface area contributed by atoms with Gasteiger partial charge in [-0.05, 0) is 38.0 Å². The normalized spacial score (nSPS) is 25.4. The minimum Gasteiger partial charge on any atom is -0.385 e. The zero-order chi connectivity index (χ0) is 13.2. The van der Waals surface area contributed by atoms with E-state index in [4.69, 9.17) is 4.74 Å². The third-order valence-corrected chi connectivity index (χ3v) is 3.93. The summed E-state index contributed by atoms with van der Waals surface area (Å²) in [6.07, 6.45) is 5.41. The van der Waals surface area contributed by atoms with Gasteiger partial charge < -0.3 is 9.64 Å². The smallest absolute Gasteiger partial charge is 0.244 e. The fourth-order valence-corrected chi connectivity index (χ4v) is 2.78. The van der Waals surface area contributed by atoms with Gasteiger partial charge in [-0.3, -0.25) is 10.1 Å². The van der Waals surface area contributed by atoms with E-state index >= 15 is 0 Å². The summed E-state index contributed by atoms with van der Waals surface area (Å²) < 4.78 is 5.06. The average Bonchev–Trinajstić information content (AvgIpc) is 3.03. The molecule has 2 fully saturated rings. The summed E-state index contributed by atoms with van der Waals surface area (Å²) in [6.45, 7) is 6.09. The molecule has 18 heavy (non-hydrogen) atoms. The van der Waals surface area contributed by atoms with Crippen molar-refractivity contribution in [3.05, 3.63) is 0 Å². The number of hydrogen-bond acceptors (Lipinski definition) is 3. The maximum absolute atomic E-state index is 12.4. The number of carbonyl (C=O) groups excluding carboxylic acids is 1. The molecule has 1 aliphatic heterocycles. The molecule has 1 unspecified atom stereocenters. The fraction of sp³-hybridized carbons (Fsp3) is 0.929. The Labute approximate surface area is 110 Å². The lowest BCUT2D eigenvalue weighted by molar-refractivity contribution is -0.131. The van der Waals surface area contributed by atoms with Crippen molar-refractivity contribution in [1.29, 1.82) is 0 Å². The number of carbonyl (C=O) groups is 1. The van der Waals surface area contributed by atoms with Gasteiger partial charge in [0.1, 0.15) is 0 Å². The lowest BCUT2D eigenvalue weighted by atomic mass is 10.1. The fourth-order valence-electron chi connectivity index (χ4n) is 2.78. The average molecular weight is 254 g/mol. The van der Waals surface area contributed by atoms with Crippen LogP contribution in [-0.2, 0) is 9.53 Å². The van der Waals surface area contributed by atoms with Crippen LogP contribution in [0.15, 0.2) is 0 Å². The molecule has 1 saturated carbocycles. The van der Waals surface area contributed by atoms with Crippen LogP contribution in [0.2, 0.25) is 0 Å². The molecule has 2 aliphatic rings. The minimum atomic E-state index is -0.166. The first-order chi connectivity index (χ1) is 8.59. The second-order valence-electron chi connectivity index (χ2n) is 6.07. The first-order valence-electron chi connectivity index (χ1n) is 7.17. The molecule has 1 spiro atoms. The highest BCUT2D eigenvalue weighted by atomic mass is 16.5. The van der Waals surface area contributed by atoms with E-state index in [0.717, 1.165) is 45.3 Å². The number of amides is 1. The number of unbranched alkanes of at least 4 members (excludes halogenated alkanes) is 1. The van der Waals surface area contributed by atoms with E-state index in [2.05, 4.69) is 24.1 Å². The van der Waals surface area contributed by atoms with Crippen molar-refractivity contribution >= 4 is 5.91 Å². The second-order valence-corrected chi connectivity index (χ2v) is 6.07. The standard InChI is InChI=1S/C14H26N2O2/c1-11(2)10-12-15-14(6-7-14)13(17)16(12)8-4-5-9-18-3/h11-12,15H,4-10H2,1-3H3. The molecule has 1 heterocycles. The highest BCUT2D eigenvalue weighted by Crippen LogP contribution is 2.43. The van der Waals surface area contributed by atoms with E-state index in [1.807, 2.05) is 0 Å². The predicted octanol–water partition coefficient (Wildman–Crippen LogP) is 1.75. The maximum Gasteiger partial charge on any atom is 0.244 e. The van der Waals surface area contributed by atoms with Crippen LogP contribution in [-0.4, -0.2) is 42.8 Å². The van der Waals surface area contributed by atoms with Crippen molar-refractivity contribution in [3.8, 4) is 0 Å². The third kappa shape index (κ3) is 2.86. The van der Waals surface area contributed by atoms with Gasteiger partial charge in [0.25, 0.3) is 0 Å². The molecule has 104 valence electrons. The largest absolute Gasteiger partial charge is 0.385 e. The molecule has 0 aromatic rings. The molecular formula is C14H26N2O2. The highest BCUT2D eigenvalue weighted by molar-refractivity contribution is 5.91. The van der Waals surface area contributed by atoms with Crippen LogP contribution in [0.4, 0.5) is 0 Å². The Hall–Kier alpha value is -0.610. The molecule has 1 saturated heterocycles. The number of rotatable bonds is 7. The summed E-state index contributed by atoms with van der Waals surface area (Å²) >= 11 is 0. The Balaban J connectivity index is 1.88. The molecule has 1 amide bonds. The maximum atomic E-state index is 12.4. The van der Waals surface area contributed by atoms with Gasteiger partial charge in [0, 0.05) is 20.3 Å². The molecule has 1 atom stereocenters. The Kier molecular flexibility index (Phi) is 4.28. The number of hydrogen-bond donors (Lipinski definition) is 1. The summed E-state index contributed by atoms with van der Waals surface area (Å²) in [5.41, 5.74) is -0.166. The van der Waals surface area contributed by atoms with Crippen LogP contribution in [0, 0.1) is 5.92 Å². The quantitative estimate of drug-likeness (QED) is 0.704. The van der Waals surface area contributed by atoms with Gasteiger partial charge in [0.15, 0.2) is 0 Å². The van der Waals surface area contributed by atoms with Crippen LogP contribution in [0.25, 0.3) is 0 Å². The van der Waals surface area contributed by atoms with Gasteiger partial charge in [-0.15, -0.1) is 0 Å². The van der Waals surface area contributed by atoms with E-state index in [0.29, 0.717) is 11.8 Å². The molecule has 4 heteroatoms. The number of nitrogens with one attached hydrogen (secondary N) is 1. The molecule has 1 N–H and O–H groups in total. The lowest BCUT2D eigenvalue weighted by Crippen LogP contribution is -2.39. The molecule has 2 rings (SSSR count).